The molecule has 4 aromatic rings. The Labute approximate surface area is 203 Å². The van der Waals surface area contributed by atoms with Gasteiger partial charge in [0.25, 0.3) is 5.91 Å². The van der Waals surface area contributed by atoms with Crippen molar-refractivity contribution in [1.29, 1.82) is 0 Å². The lowest BCUT2D eigenvalue weighted by molar-refractivity contribution is 0.0955. The maximum atomic E-state index is 12.6. The lowest BCUT2D eigenvalue weighted by Gasteiger charge is -2.13. The summed E-state index contributed by atoms with van der Waals surface area (Å²) in [6, 6.07) is 25.1. The van der Waals surface area contributed by atoms with E-state index in [1.54, 1.807) is 24.3 Å². The van der Waals surface area contributed by atoms with Gasteiger partial charge in [0.05, 0.1) is 31.2 Å². The fourth-order valence-corrected chi connectivity index (χ4v) is 3.87. The number of amides is 1. The number of halogens is 1. The second-order valence-electron chi connectivity index (χ2n) is 7.54. The zero-order valence-corrected chi connectivity index (χ0v) is 19.8. The fourth-order valence-electron chi connectivity index (χ4n) is 3.67. The highest BCUT2D eigenvalue weighted by atomic mass is 35.5. The van der Waals surface area contributed by atoms with Crippen molar-refractivity contribution in [2.75, 3.05) is 14.2 Å². The van der Waals surface area contributed by atoms with Gasteiger partial charge in [-0.25, -0.2) is 5.43 Å². The van der Waals surface area contributed by atoms with Crippen LogP contribution in [0, 0.1) is 6.92 Å². The highest BCUT2D eigenvalue weighted by molar-refractivity contribution is 6.33. The Morgan fingerprint density at radius 2 is 1.62 bits per heavy atom. The molecule has 0 aliphatic rings. The van der Waals surface area contributed by atoms with Gasteiger partial charge in [0.15, 0.2) is 11.5 Å². The first-order valence-corrected chi connectivity index (χ1v) is 11.0. The van der Waals surface area contributed by atoms with Crippen LogP contribution in [0.2, 0.25) is 5.02 Å². The first-order chi connectivity index (χ1) is 16.5. The van der Waals surface area contributed by atoms with E-state index < -0.39 is 0 Å². The van der Waals surface area contributed by atoms with Crippen molar-refractivity contribution >= 4 is 23.7 Å². The molecule has 4 rings (SSSR count). The van der Waals surface area contributed by atoms with Crippen LogP contribution in [0.15, 0.2) is 84.0 Å². The third kappa shape index (κ3) is 4.82. The monoisotopic (exact) mass is 473 g/mol. The van der Waals surface area contributed by atoms with Crippen LogP contribution in [0.25, 0.3) is 16.9 Å². The summed E-state index contributed by atoms with van der Waals surface area (Å²) in [4.78, 5) is 12.6. The van der Waals surface area contributed by atoms with Crippen molar-refractivity contribution in [3.63, 3.8) is 0 Å². The summed E-state index contributed by atoms with van der Waals surface area (Å²) < 4.78 is 12.7. The van der Waals surface area contributed by atoms with Crippen LogP contribution in [-0.2, 0) is 0 Å². The van der Waals surface area contributed by atoms with Gasteiger partial charge in [0.1, 0.15) is 0 Å². The number of benzene rings is 3. The highest BCUT2D eigenvalue weighted by Gasteiger charge is 2.11. The molecule has 34 heavy (non-hydrogen) atoms. The van der Waals surface area contributed by atoms with Gasteiger partial charge in [0.2, 0.25) is 0 Å². The predicted molar refractivity (Wildman–Crippen MR) is 136 cm³/mol. The average molecular weight is 474 g/mol. The van der Waals surface area contributed by atoms with E-state index in [1.807, 2.05) is 30.3 Å². The Bertz CT molecular complexity index is 1330. The van der Waals surface area contributed by atoms with Crippen molar-refractivity contribution in [2.45, 2.75) is 6.92 Å². The topological polar surface area (TPSA) is 64.8 Å². The largest absolute Gasteiger partial charge is 0.493 e. The molecule has 1 heterocycles. The Hall–Kier alpha value is -4.03. The Morgan fingerprint density at radius 3 is 2.29 bits per heavy atom. The van der Waals surface area contributed by atoms with E-state index in [-0.39, 0.29) is 5.91 Å². The lowest BCUT2D eigenvalue weighted by atomic mass is 10.1. The molecule has 0 aliphatic carbocycles. The van der Waals surface area contributed by atoms with E-state index >= 15 is 0 Å². The number of hydrazone groups is 1. The van der Waals surface area contributed by atoms with Crippen molar-refractivity contribution in [1.82, 2.24) is 9.99 Å². The normalized spacial score (nSPS) is 10.9. The molecule has 0 radical (unpaired) electrons. The summed E-state index contributed by atoms with van der Waals surface area (Å²) in [5.74, 6) is 0.708. The minimum absolute atomic E-state index is 0.327. The quantitative estimate of drug-likeness (QED) is 0.269. The van der Waals surface area contributed by atoms with Gasteiger partial charge in [0, 0.05) is 28.6 Å². The summed E-state index contributed by atoms with van der Waals surface area (Å²) in [7, 11) is 3.07. The molecule has 172 valence electrons. The van der Waals surface area contributed by atoms with Gasteiger partial charge in [-0.15, -0.1) is 0 Å². The number of carbonyl (C=O) groups is 1. The molecule has 1 N–H and O–H groups in total. The molecule has 1 aromatic heterocycles. The number of methoxy groups -OCH3 is 2. The van der Waals surface area contributed by atoms with Crippen LogP contribution >= 0.6 is 11.6 Å². The van der Waals surface area contributed by atoms with Crippen LogP contribution in [-0.4, -0.2) is 30.9 Å². The van der Waals surface area contributed by atoms with Crippen LogP contribution < -0.4 is 14.9 Å². The van der Waals surface area contributed by atoms with Gasteiger partial charge >= 0.3 is 0 Å². The number of nitrogens with zero attached hydrogens (tertiary/aromatic N) is 2. The van der Waals surface area contributed by atoms with Gasteiger partial charge in [-0.1, -0.05) is 41.9 Å². The van der Waals surface area contributed by atoms with Gasteiger partial charge < -0.3 is 14.0 Å². The number of aryl methyl sites for hydroxylation is 1. The summed E-state index contributed by atoms with van der Waals surface area (Å²) in [5.41, 5.74) is 7.91. The smallest absolute Gasteiger partial charge is 0.271 e. The van der Waals surface area contributed by atoms with Crippen molar-refractivity contribution in [2.24, 2.45) is 5.10 Å². The summed E-state index contributed by atoms with van der Waals surface area (Å²) >= 11 is 6.26. The first-order valence-electron chi connectivity index (χ1n) is 10.6. The minimum atomic E-state index is -0.327. The van der Waals surface area contributed by atoms with E-state index in [4.69, 9.17) is 21.1 Å². The standard InChI is InChI=1S/C27H24ClN3O3/c1-18-9-14-24(19-7-5-4-6-8-19)31(18)22-12-10-20(11-13-22)27(32)30-29-17-21-15-25(33-2)26(34-3)16-23(21)28/h4-17H,1-3H3,(H,30,32)/b29-17+. The second kappa shape index (κ2) is 10.3. The molecule has 7 heteroatoms. The second-order valence-corrected chi connectivity index (χ2v) is 7.94. The Balaban J connectivity index is 1.50. The SMILES string of the molecule is COc1cc(Cl)c(/C=N/NC(=O)c2ccc(-n3c(C)ccc3-c3ccccc3)cc2)cc1OC. The zero-order chi connectivity index (χ0) is 24.1. The van der Waals surface area contributed by atoms with E-state index in [9.17, 15) is 4.79 Å². The Morgan fingerprint density at radius 1 is 0.941 bits per heavy atom. The average Bonchev–Trinajstić information content (AvgIpc) is 3.26. The number of aromatic nitrogens is 1. The van der Waals surface area contributed by atoms with Crippen LogP contribution in [0.4, 0.5) is 0 Å². The predicted octanol–water partition coefficient (Wildman–Crippen LogP) is 5.89. The number of rotatable bonds is 7. The summed E-state index contributed by atoms with van der Waals surface area (Å²) in [5, 5.41) is 4.47. The van der Waals surface area contributed by atoms with E-state index in [0.717, 1.165) is 22.6 Å². The molecular weight excluding hydrogens is 450 g/mol. The summed E-state index contributed by atoms with van der Waals surface area (Å²) in [6.45, 7) is 2.06. The van der Waals surface area contributed by atoms with Crippen molar-refractivity contribution in [3.05, 3.63) is 101 Å². The molecule has 0 bridgehead atoms. The third-order valence-electron chi connectivity index (χ3n) is 5.41. The molecular formula is C27H24ClN3O3. The minimum Gasteiger partial charge on any atom is -0.493 e. The number of ether oxygens (including phenoxy) is 2. The molecule has 0 spiro atoms. The highest BCUT2D eigenvalue weighted by Crippen LogP contribution is 2.32. The maximum Gasteiger partial charge on any atom is 0.271 e. The zero-order valence-electron chi connectivity index (χ0n) is 19.1. The van der Waals surface area contributed by atoms with E-state index in [0.29, 0.717) is 27.6 Å². The number of hydrogen-bond donors (Lipinski definition) is 1. The van der Waals surface area contributed by atoms with Gasteiger partial charge in [-0.3, -0.25) is 4.79 Å². The Kier molecular flexibility index (Phi) is 6.99. The van der Waals surface area contributed by atoms with Gasteiger partial charge in [-0.2, -0.15) is 5.10 Å². The van der Waals surface area contributed by atoms with Crippen LogP contribution in [0.1, 0.15) is 21.6 Å². The number of nitrogens with one attached hydrogen (secondary N) is 1. The molecule has 6 nitrogen and oxygen atoms in total. The third-order valence-corrected chi connectivity index (χ3v) is 5.73. The molecule has 0 fully saturated rings. The van der Waals surface area contributed by atoms with Crippen molar-refractivity contribution in [3.8, 4) is 28.4 Å². The molecule has 3 aromatic carbocycles. The van der Waals surface area contributed by atoms with Crippen LogP contribution in [0.3, 0.4) is 0 Å². The number of hydrogen-bond acceptors (Lipinski definition) is 4. The van der Waals surface area contributed by atoms with Gasteiger partial charge in [-0.05, 0) is 55.0 Å². The van der Waals surface area contributed by atoms with Crippen LogP contribution in [0.5, 0.6) is 11.5 Å². The molecule has 0 aliphatic heterocycles. The summed E-state index contributed by atoms with van der Waals surface area (Å²) in [6.07, 6.45) is 1.46. The lowest BCUT2D eigenvalue weighted by Crippen LogP contribution is -2.17. The van der Waals surface area contributed by atoms with E-state index in [2.05, 4.69) is 46.3 Å². The first kappa shape index (κ1) is 23.1. The fraction of sp³-hybridized carbons (Fsp3) is 0.111. The number of carbonyl (C=O) groups excluding carboxylic acids is 1. The maximum absolute atomic E-state index is 12.6. The molecule has 0 unspecified atom stereocenters. The molecule has 0 saturated carbocycles. The van der Waals surface area contributed by atoms with Crippen molar-refractivity contribution < 1.29 is 14.3 Å². The van der Waals surface area contributed by atoms with E-state index in [1.165, 1.54) is 20.4 Å². The molecule has 1 amide bonds. The molecule has 0 atom stereocenters. The molecule has 0 saturated heterocycles.